The van der Waals surface area contributed by atoms with Gasteiger partial charge in [0.2, 0.25) is 5.91 Å². The molecule has 2 rings (SSSR count). The van der Waals surface area contributed by atoms with Gasteiger partial charge in [-0.3, -0.25) is 9.59 Å². The molecular formula is C19H22BrN3O2. The highest BCUT2D eigenvalue weighted by atomic mass is 79.9. The third kappa shape index (κ3) is 5.99. The minimum absolute atomic E-state index is 0.0553. The van der Waals surface area contributed by atoms with E-state index in [-0.39, 0.29) is 24.4 Å². The molecule has 0 aliphatic rings. The first-order valence-electron chi connectivity index (χ1n) is 7.99. The molecule has 2 N–H and O–H groups in total. The molecule has 132 valence electrons. The number of rotatable bonds is 7. The normalized spacial score (nSPS) is 11.8. The van der Waals surface area contributed by atoms with Crippen molar-refractivity contribution in [1.82, 2.24) is 15.5 Å². The maximum absolute atomic E-state index is 12.1. The fraction of sp³-hybridized carbons (Fsp3) is 0.263. The summed E-state index contributed by atoms with van der Waals surface area (Å²) in [5.41, 5.74) is 1.64. The van der Waals surface area contributed by atoms with Gasteiger partial charge in [-0.2, -0.15) is 0 Å². The van der Waals surface area contributed by atoms with Crippen molar-refractivity contribution in [3.05, 3.63) is 70.2 Å². The Morgan fingerprint density at radius 1 is 1.04 bits per heavy atom. The number of amides is 2. The average molecular weight is 404 g/mol. The number of nitrogens with zero attached hydrogens (tertiary/aromatic N) is 1. The molecule has 2 aromatic rings. The maximum Gasteiger partial charge on any atom is 0.251 e. The topological polar surface area (TPSA) is 61.4 Å². The predicted molar refractivity (Wildman–Crippen MR) is 102 cm³/mol. The van der Waals surface area contributed by atoms with E-state index < -0.39 is 0 Å². The van der Waals surface area contributed by atoms with Crippen molar-refractivity contribution in [2.24, 2.45) is 0 Å². The highest BCUT2D eigenvalue weighted by Gasteiger charge is 2.15. The van der Waals surface area contributed by atoms with E-state index in [4.69, 9.17) is 0 Å². The second kappa shape index (κ2) is 9.34. The number of likely N-dealkylation sites (N-methyl/N-ethyl adjacent to an activating group) is 1. The minimum Gasteiger partial charge on any atom is -0.353 e. The van der Waals surface area contributed by atoms with Gasteiger partial charge < -0.3 is 15.5 Å². The zero-order valence-corrected chi connectivity index (χ0v) is 15.9. The molecule has 2 amide bonds. The number of nitrogens with one attached hydrogen (secondary N) is 2. The summed E-state index contributed by atoms with van der Waals surface area (Å²) in [4.78, 5) is 26.2. The Labute approximate surface area is 156 Å². The fourth-order valence-electron chi connectivity index (χ4n) is 2.44. The SMILES string of the molecule is CN(C)C(CNC(=O)CNC(=O)c1cccc(Br)c1)c1ccccc1. The second-order valence-corrected chi connectivity index (χ2v) is 6.80. The molecule has 25 heavy (non-hydrogen) atoms. The van der Waals surface area contributed by atoms with Crippen LogP contribution in [0.15, 0.2) is 59.1 Å². The first-order valence-corrected chi connectivity index (χ1v) is 8.78. The van der Waals surface area contributed by atoms with Crippen molar-refractivity contribution in [2.75, 3.05) is 27.2 Å². The van der Waals surface area contributed by atoms with E-state index in [0.717, 1.165) is 10.0 Å². The molecular weight excluding hydrogens is 382 g/mol. The van der Waals surface area contributed by atoms with Gasteiger partial charge in [-0.1, -0.05) is 52.3 Å². The first kappa shape index (κ1) is 19.1. The van der Waals surface area contributed by atoms with Crippen LogP contribution in [0.25, 0.3) is 0 Å². The standard InChI is InChI=1S/C19H22BrN3O2/c1-23(2)17(14-7-4-3-5-8-14)12-21-18(24)13-22-19(25)15-9-6-10-16(20)11-15/h3-11,17H,12-13H2,1-2H3,(H,21,24)(H,22,25). The lowest BCUT2D eigenvalue weighted by Gasteiger charge is -2.25. The van der Waals surface area contributed by atoms with Crippen molar-refractivity contribution in [2.45, 2.75) is 6.04 Å². The summed E-state index contributed by atoms with van der Waals surface area (Å²) in [5, 5.41) is 5.51. The largest absolute Gasteiger partial charge is 0.353 e. The van der Waals surface area contributed by atoms with Gasteiger partial charge in [0.25, 0.3) is 5.91 Å². The van der Waals surface area contributed by atoms with E-state index in [0.29, 0.717) is 12.1 Å². The smallest absolute Gasteiger partial charge is 0.251 e. The van der Waals surface area contributed by atoms with Crippen molar-refractivity contribution >= 4 is 27.7 Å². The lowest BCUT2D eigenvalue weighted by Crippen LogP contribution is -2.40. The Morgan fingerprint density at radius 2 is 1.76 bits per heavy atom. The zero-order chi connectivity index (χ0) is 18.2. The molecule has 6 heteroatoms. The molecule has 0 spiro atoms. The van der Waals surface area contributed by atoms with Crippen molar-refractivity contribution in [1.29, 1.82) is 0 Å². The molecule has 0 aliphatic carbocycles. The third-order valence-electron chi connectivity index (χ3n) is 3.80. The second-order valence-electron chi connectivity index (χ2n) is 5.89. The van der Waals surface area contributed by atoms with Crippen LogP contribution < -0.4 is 10.6 Å². The summed E-state index contributed by atoms with van der Waals surface area (Å²) >= 11 is 3.32. The monoisotopic (exact) mass is 403 g/mol. The van der Waals surface area contributed by atoms with E-state index in [9.17, 15) is 9.59 Å². The van der Waals surface area contributed by atoms with Gasteiger partial charge in [0.05, 0.1) is 12.6 Å². The van der Waals surface area contributed by atoms with Crippen LogP contribution in [0, 0.1) is 0 Å². The summed E-state index contributed by atoms with van der Waals surface area (Å²) in [6.07, 6.45) is 0. The molecule has 0 fully saturated rings. The van der Waals surface area contributed by atoms with Crippen molar-refractivity contribution < 1.29 is 9.59 Å². The molecule has 0 aromatic heterocycles. The van der Waals surface area contributed by atoms with Crippen molar-refractivity contribution in [3.8, 4) is 0 Å². The number of carbonyl (C=O) groups excluding carboxylic acids is 2. The van der Waals surface area contributed by atoms with Crippen LogP contribution in [0.1, 0.15) is 22.0 Å². The van der Waals surface area contributed by atoms with Crippen LogP contribution in [-0.2, 0) is 4.79 Å². The van der Waals surface area contributed by atoms with Gasteiger partial charge in [0.1, 0.15) is 0 Å². The Bertz CT molecular complexity index is 720. The minimum atomic E-state index is -0.274. The molecule has 1 atom stereocenters. The molecule has 2 aromatic carbocycles. The highest BCUT2D eigenvalue weighted by molar-refractivity contribution is 9.10. The summed E-state index contributed by atoms with van der Waals surface area (Å²) < 4.78 is 0.821. The van der Waals surface area contributed by atoms with Crippen LogP contribution in [0.5, 0.6) is 0 Å². The van der Waals surface area contributed by atoms with Gasteiger partial charge in [-0.05, 0) is 37.9 Å². The van der Waals surface area contributed by atoms with Gasteiger partial charge in [0.15, 0.2) is 0 Å². The Balaban J connectivity index is 1.84. The van der Waals surface area contributed by atoms with Crippen molar-refractivity contribution in [3.63, 3.8) is 0 Å². The predicted octanol–water partition coefficient (Wildman–Crippen LogP) is 2.60. The molecule has 1 unspecified atom stereocenters. The molecule has 5 nitrogen and oxygen atoms in total. The molecule has 0 radical (unpaired) electrons. The highest BCUT2D eigenvalue weighted by Crippen LogP contribution is 2.16. The van der Waals surface area contributed by atoms with E-state index in [1.807, 2.05) is 50.5 Å². The van der Waals surface area contributed by atoms with E-state index in [2.05, 4.69) is 31.5 Å². The Hall–Kier alpha value is -2.18. The Morgan fingerprint density at radius 3 is 2.40 bits per heavy atom. The maximum atomic E-state index is 12.1. The number of carbonyl (C=O) groups is 2. The number of hydrogen-bond donors (Lipinski definition) is 2. The molecule has 0 saturated carbocycles. The third-order valence-corrected chi connectivity index (χ3v) is 4.29. The van der Waals surface area contributed by atoms with Crippen LogP contribution in [-0.4, -0.2) is 43.9 Å². The summed E-state index contributed by atoms with van der Waals surface area (Å²) in [7, 11) is 3.94. The van der Waals surface area contributed by atoms with Crippen LogP contribution in [0.3, 0.4) is 0 Å². The van der Waals surface area contributed by atoms with Gasteiger partial charge in [-0.15, -0.1) is 0 Å². The first-order chi connectivity index (χ1) is 12.0. The van der Waals surface area contributed by atoms with Gasteiger partial charge in [0, 0.05) is 16.6 Å². The van der Waals surface area contributed by atoms with E-state index in [1.165, 1.54) is 0 Å². The summed E-state index contributed by atoms with van der Waals surface area (Å²) in [5.74, 6) is -0.491. The fourth-order valence-corrected chi connectivity index (χ4v) is 2.84. The van der Waals surface area contributed by atoms with Gasteiger partial charge >= 0.3 is 0 Å². The quantitative estimate of drug-likeness (QED) is 0.746. The average Bonchev–Trinajstić information content (AvgIpc) is 2.60. The number of halogens is 1. The Kier molecular flexibility index (Phi) is 7.16. The molecule has 0 saturated heterocycles. The zero-order valence-electron chi connectivity index (χ0n) is 14.3. The summed E-state index contributed by atoms with van der Waals surface area (Å²) in [6.45, 7) is 0.420. The number of benzene rings is 2. The molecule has 0 bridgehead atoms. The van der Waals surface area contributed by atoms with Gasteiger partial charge in [-0.25, -0.2) is 0 Å². The van der Waals surface area contributed by atoms with Crippen LogP contribution >= 0.6 is 15.9 Å². The molecule has 0 heterocycles. The lowest BCUT2D eigenvalue weighted by atomic mass is 10.1. The van der Waals surface area contributed by atoms with E-state index >= 15 is 0 Å². The number of hydrogen-bond acceptors (Lipinski definition) is 3. The van der Waals surface area contributed by atoms with Crippen LogP contribution in [0.4, 0.5) is 0 Å². The summed E-state index contributed by atoms with van der Waals surface area (Å²) in [6, 6.07) is 17.1. The molecule has 0 aliphatic heterocycles. The van der Waals surface area contributed by atoms with E-state index in [1.54, 1.807) is 18.2 Å². The lowest BCUT2D eigenvalue weighted by molar-refractivity contribution is -0.120. The van der Waals surface area contributed by atoms with Crippen LogP contribution in [0.2, 0.25) is 0 Å².